The summed E-state index contributed by atoms with van der Waals surface area (Å²) in [5.74, 6) is 0. The first-order valence-electron chi connectivity index (χ1n) is 6.54. The first kappa shape index (κ1) is 12.7. The van der Waals surface area contributed by atoms with E-state index in [0.717, 1.165) is 25.1 Å². The van der Waals surface area contributed by atoms with Gasteiger partial charge in [0.05, 0.1) is 6.61 Å². The van der Waals surface area contributed by atoms with Crippen molar-refractivity contribution in [2.75, 3.05) is 6.54 Å². The van der Waals surface area contributed by atoms with Gasteiger partial charge in [-0.1, -0.05) is 36.4 Å². The van der Waals surface area contributed by atoms with Crippen molar-refractivity contribution in [3.63, 3.8) is 0 Å². The average Bonchev–Trinajstić information content (AvgIpc) is 2.48. The minimum absolute atomic E-state index is 0.113. The van der Waals surface area contributed by atoms with Gasteiger partial charge in [-0.3, -0.25) is 0 Å². The van der Waals surface area contributed by atoms with Gasteiger partial charge in [0.15, 0.2) is 0 Å². The molecule has 0 aromatic heterocycles. The van der Waals surface area contributed by atoms with Crippen LogP contribution >= 0.6 is 11.9 Å². The van der Waals surface area contributed by atoms with E-state index in [1.165, 1.54) is 16.0 Å². The number of fused-ring (bicyclic) bond motifs is 1. The number of hydrogen-bond acceptors (Lipinski definition) is 3. The van der Waals surface area contributed by atoms with E-state index in [0.29, 0.717) is 0 Å². The zero-order chi connectivity index (χ0) is 13.1. The van der Waals surface area contributed by atoms with E-state index in [9.17, 15) is 0 Å². The summed E-state index contributed by atoms with van der Waals surface area (Å²) < 4.78 is 2.40. The fraction of sp³-hybridized carbons (Fsp3) is 0.250. The first-order chi connectivity index (χ1) is 9.35. The molecule has 0 radical (unpaired) electrons. The first-order valence-corrected chi connectivity index (χ1v) is 7.32. The van der Waals surface area contributed by atoms with Crippen molar-refractivity contribution in [2.45, 2.75) is 24.5 Å². The van der Waals surface area contributed by atoms with Crippen LogP contribution in [0.3, 0.4) is 0 Å². The Bertz CT molecular complexity index is 553. The summed E-state index contributed by atoms with van der Waals surface area (Å²) in [6, 6.07) is 16.8. The summed E-state index contributed by atoms with van der Waals surface area (Å²) in [7, 11) is 0. The molecule has 0 fully saturated rings. The van der Waals surface area contributed by atoms with Crippen molar-refractivity contribution in [1.29, 1.82) is 0 Å². The zero-order valence-electron chi connectivity index (χ0n) is 10.7. The molecule has 98 valence electrons. The summed E-state index contributed by atoms with van der Waals surface area (Å²) in [6.07, 6.45) is 1.12. The Labute approximate surface area is 118 Å². The van der Waals surface area contributed by atoms with E-state index in [2.05, 4.69) is 40.7 Å². The number of hydrogen-bond donors (Lipinski definition) is 1. The van der Waals surface area contributed by atoms with Crippen LogP contribution in [-0.4, -0.2) is 16.0 Å². The van der Waals surface area contributed by atoms with Gasteiger partial charge in [-0.05, 0) is 47.2 Å². The number of benzene rings is 2. The van der Waals surface area contributed by atoms with Crippen LogP contribution in [0.25, 0.3) is 0 Å². The Morgan fingerprint density at radius 3 is 2.47 bits per heavy atom. The van der Waals surface area contributed by atoms with E-state index in [4.69, 9.17) is 5.11 Å². The minimum atomic E-state index is 0.113. The fourth-order valence-corrected chi connectivity index (χ4v) is 3.29. The third-order valence-electron chi connectivity index (χ3n) is 3.44. The Hall–Kier alpha value is -1.29. The predicted molar refractivity (Wildman–Crippen MR) is 78.8 cm³/mol. The molecule has 19 heavy (non-hydrogen) atoms. The van der Waals surface area contributed by atoms with Crippen LogP contribution < -0.4 is 0 Å². The van der Waals surface area contributed by atoms with Gasteiger partial charge in [0, 0.05) is 18.0 Å². The molecular weight excluding hydrogens is 254 g/mol. The van der Waals surface area contributed by atoms with Crippen molar-refractivity contribution >= 4 is 11.9 Å². The van der Waals surface area contributed by atoms with Gasteiger partial charge in [0.2, 0.25) is 0 Å². The summed E-state index contributed by atoms with van der Waals surface area (Å²) >= 11 is 1.80. The largest absolute Gasteiger partial charge is 0.392 e. The highest BCUT2D eigenvalue weighted by atomic mass is 32.2. The zero-order valence-corrected chi connectivity index (χ0v) is 11.6. The molecule has 0 atom stereocenters. The topological polar surface area (TPSA) is 23.5 Å². The highest BCUT2D eigenvalue weighted by Crippen LogP contribution is 2.29. The van der Waals surface area contributed by atoms with E-state index in [-0.39, 0.29) is 6.61 Å². The van der Waals surface area contributed by atoms with Crippen LogP contribution in [0.5, 0.6) is 0 Å². The molecule has 0 bridgehead atoms. The lowest BCUT2D eigenvalue weighted by Gasteiger charge is -2.27. The van der Waals surface area contributed by atoms with Gasteiger partial charge in [-0.25, -0.2) is 4.31 Å². The second-order valence-electron chi connectivity index (χ2n) is 4.78. The van der Waals surface area contributed by atoms with E-state index in [1.54, 1.807) is 11.9 Å². The maximum absolute atomic E-state index is 9.04. The Balaban J connectivity index is 1.68. The van der Waals surface area contributed by atoms with E-state index < -0.39 is 0 Å². The van der Waals surface area contributed by atoms with Crippen molar-refractivity contribution in [3.05, 3.63) is 65.2 Å². The van der Waals surface area contributed by atoms with Crippen molar-refractivity contribution in [3.8, 4) is 0 Å². The molecule has 2 aromatic rings. The third-order valence-corrected chi connectivity index (χ3v) is 4.49. The Morgan fingerprint density at radius 1 is 1.00 bits per heavy atom. The van der Waals surface area contributed by atoms with Gasteiger partial charge in [-0.2, -0.15) is 0 Å². The molecule has 0 saturated heterocycles. The van der Waals surface area contributed by atoms with Gasteiger partial charge >= 0.3 is 0 Å². The van der Waals surface area contributed by atoms with E-state index in [1.807, 2.05) is 12.1 Å². The molecule has 2 nitrogen and oxygen atoms in total. The molecule has 1 N–H and O–H groups in total. The molecule has 2 aromatic carbocycles. The van der Waals surface area contributed by atoms with Crippen LogP contribution in [0, 0.1) is 0 Å². The summed E-state index contributed by atoms with van der Waals surface area (Å²) in [4.78, 5) is 1.23. The molecule has 0 amide bonds. The molecule has 0 saturated carbocycles. The summed E-state index contributed by atoms with van der Waals surface area (Å²) in [6.45, 7) is 2.20. The highest BCUT2D eigenvalue weighted by molar-refractivity contribution is 7.97. The third kappa shape index (κ3) is 3.00. The molecule has 1 aliphatic heterocycles. The molecule has 0 unspecified atom stereocenters. The van der Waals surface area contributed by atoms with Crippen molar-refractivity contribution < 1.29 is 5.11 Å². The number of aliphatic hydroxyl groups is 1. The molecule has 3 heteroatoms. The van der Waals surface area contributed by atoms with Crippen LogP contribution in [0.1, 0.15) is 16.7 Å². The van der Waals surface area contributed by atoms with Crippen LogP contribution in [-0.2, 0) is 19.6 Å². The molecule has 0 spiro atoms. The quantitative estimate of drug-likeness (QED) is 0.867. The maximum atomic E-state index is 9.04. The van der Waals surface area contributed by atoms with Crippen molar-refractivity contribution in [1.82, 2.24) is 4.31 Å². The highest BCUT2D eigenvalue weighted by Gasteiger charge is 2.16. The normalized spacial score (nSPS) is 15.2. The summed E-state index contributed by atoms with van der Waals surface area (Å²) in [5, 5.41) is 9.04. The smallest absolute Gasteiger partial charge is 0.0681 e. The Morgan fingerprint density at radius 2 is 1.74 bits per heavy atom. The molecular formula is C16H17NOS. The Kier molecular flexibility index (Phi) is 3.87. The van der Waals surface area contributed by atoms with E-state index >= 15 is 0 Å². The van der Waals surface area contributed by atoms with Crippen LogP contribution in [0.15, 0.2) is 53.4 Å². The fourth-order valence-electron chi connectivity index (χ4n) is 2.35. The van der Waals surface area contributed by atoms with Gasteiger partial charge in [0.25, 0.3) is 0 Å². The SMILES string of the molecule is OCc1ccc(SN2CCc3ccccc3C2)cc1. The number of nitrogens with zero attached hydrogens (tertiary/aromatic N) is 1. The number of aliphatic hydroxyl groups excluding tert-OH is 1. The van der Waals surface area contributed by atoms with Crippen molar-refractivity contribution in [2.24, 2.45) is 0 Å². The van der Waals surface area contributed by atoms with Gasteiger partial charge in [-0.15, -0.1) is 0 Å². The standard InChI is InChI=1S/C16H17NOS/c18-12-13-5-7-16(8-6-13)19-17-10-9-14-3-1-2-4-15(14)11-17/h1-8,18H,9-12H2. The second-order valence-corrected chi connectivity index (χ2v) is 5.95. The summed E-state index contributed by atoms with van der Waals surface area (Å²) in [5.41, 5.74) is 3.89. The predicted octanol–water partition coefficient (Wildman–Crippen LogP) is 3.24. The molecule has 3 rings (SSSR count). The lowest BCUT2D eigenvalue weighted by molar-refractivity contribution is 0.282. The second kappa shape index (κ2) is 5.78. The lowest BCUT2D eigenvalue weighted by atomic mass is 10.0. The van der Waals surface area contributed by atoms with Gasteiger partial charge < -0.3 is 5.11 Å². The molecule has 1 aliphatic rings. The average molecular weight is 271 g/mol. The maximum Gasteiger partial charge on any atom is 0.0681 e. The van der Waals surface area contributed by atoms with Crippen LogP contribution in [0.4, 0.5) is 0 Å². The lowest BCUT2D eigenvalue weighted by Crippen LogP contribution is -2.24. The van der Waals surface area contributed by atoms with Gasteiger partial charge in [0.1, 0.15) is 0 Å². The number of rotatable bonds is 3. The molecule has 1 heterocycles. The monoisotopic (exact) mass is 271 g/mol. The molecule has 0 aliphatic carbocycles. The van der Waals surface area contributed by atoms with Crippen LogP contribution in [0.2, 0.25) is 0 Å². The minimum Gasteiger partial charge on any atom is -0.392 e.